The van der Waals surface area contributed by atoms with Gasteiger partial charge in [0.2, 0.25) is 5.91 Å². The minimum absolute atomic E-state index is 0.186. The van der Waals surface area contributed by atoms with Crippen LogP contribution in [0, 0.1) is 6.92 Å². The van der Waals surface area contributed by atoms with Gasteiger partial charge >= 0.3 is 0 Å². The van der Waals surface area contributed by atoms with E-state index in [1.807, 2.05) is 36.1 Å². The Morgan fingerprint density at radius 2 is 1.96 bits per heavy atom. The van der Waals surface area contributed by atoms with Crippen LogP contribution >= 0.6 is 0 Å². The molecule has 1 saturated heterocycles. The van der Waals surface area contributed by atoms with E-state index in [1.165, 1.54) is 5.69 Å². The van der Waals surface area contributed by atoms with E-state index in [0.29, 0.717) is 18.8 Å². The predicted molar refractivity (Wildman–Crippen MR) is 89.6 cm³/mol. The molecular formula is C17H22N4O2. The first-order chi connectivity index (χ1) is 11.2. The van der Waals surface area contributed by atoms with Gasteiger partial charge in [-0.2, -0.15) is 0 Å². The fraction of sp³-hybridized carbons (Fsp3) is 0.412. The lowest BCUT2D eigenvalue weighted by atomic mass is 10.2. The van der Waals surface area contributed by atoms with Crippen LogP contribution in [-0.4, -0.2) is 48.7 Å². The Morgan fingerprint density at radius 3 is 2.61 bits per heavy atom. The van der Waals surface area contributed by atoms with Crippen LogP contribution in [0.2, 0.25) is 0 Å². The Labute approximate surface area is 136 Å². The lowest BCUT2D eigenvalue weighted by Crippen LogP contribution is -2.49. The molecule has 122 valence electrons. The van der Waals surface area contributed by atoms with Crippen molar-refractivity contribution in [3.05, 3.63) is 42.2 Å². The molecule has 1 fully saturated rings. The third-order valence-electron chi connectivity index (χ3n) is 4.03. The summed E-state index contributed by atoms with van der Waals surface area (Å²) in [6.45, 7) is 5.73. The summed E-state index contributed by atoms with van der Waals surface area (Å²) in [6.07, 6.45) is 0.469. The van der Waals surface area contributed by atoms with Gasteiger partial charge in [-0.05, 0) is 19.1 Å². The van der Waals surface area contributed by atoms with Gasteiger partial charge in [-0.15, -0.1) is 0 Å². The number of aryl methyl sites for hydroxylation is 1. The number of carbonyl (C=O) groups is 1. The number of para-hydroxylation sites is 1. The van der Waals surface area contributed by atoms with Gasteiger partial charge in [-0.1, -0.05) is 23.4 Å². The van der Waals surface area contributed by atoms with Crippen LogP contribution < -0.4 is 10.2 Å². The molecule has 0 unspecified atom stereocenters. The van der Waals surface area contributed by atoms with Crippen LogP contribution in [0.4, 0.5) is 11.5 Å². The molecule has 1 aliphatic heterocycles. The second kappa shape index (κ2) is 7.17. The minimum atomic E-state index is 0.186. The molecule has 0 bridgehead atoms. The first-order valence-electron chi connectivity index (χ1n) is 7.97. The zero-order valence-electron chi connectivity index (χ0n) is 13.4. The molecule has 6 nitrogen and oxygen atoms in total. The Hall–Kier alpha value is -2.50. The molecule has 0 saturated carbocycles. The maximum Gasteiger partial charge on any atom is 0.224 e. The maximum atomic E-state index is 12.3. The molecule has 1 aromatic carbocycles. The van der Waals surface area contributed by atoms with Crippen LogP contribution in [0.5, 0.6) is 0 Å². The highest BCUT2D eigenvalue weighted by Crippen LogP contribution is 2.16. The molecule has 1 aliphatic rings. The normalized spacial score (nSPS) is 14.8. The van der Waals surface area contributed by atoms with Crippen molar-refractivity contribution in [1.29, 1.82) is 0 Å². The fourth-order valence-electron chi connectivity index (χ4n) is 2.76. The Balaban J connectivity index is 1.41. The van der Waals surface area contributed by atoms with Gasteiger partial charge in [0.15, 0.2) is 5.82 Å². The van der Waals surface area contributed by atoms with Crippen LogP contribution in [0.1, 0.15) is 12.2 Å². The molecule has 2 aromatic rings. The topological polar surface area (TPSA) is 61.6 Å². The third kappa shape index (κ3) is 4.03. The summed E-state index contributed by atoms with van der Waals surface area (Å²) in [5.41, 5.74) is 1.22. The average molecular weight is 314 g/mol. The van der Waals surface area contributed by atoms with E-state index in [-0.39, 0.29) is 5.91 Å². The zero-order chi connectivity index (χ0) is 16.1. The highest BCUT2D eigenvalue weighted by molar-refractivity contribution is 5.77. The largest absolute Gasteiger partial charge is 0.368 e. The second-order valence-electron chi connectivity index (χ2n) is 5.70. The third-order valence-corrected chi connectivity index (χ3v) is 4.03. The Bertz CT molecular complexity index is 633. The molecule has 1 N–H and O–H groups in total. The highest BCUT2D eigenvalue weighted by atomic mass is 16.5. The number of anilines is 2. The van der Waals surface area contributed by atoms with E-state index < -0.39 is 0 Å². The fourth-order valence-corrected chi connectivity index (χ4v) is 2.76. The molecule has 1 aromatic heterocycles. The second-order valence-corrected chi connectivity index (χ2v) is 5.70. The molecule has 2 heterocycles. The van der Waals surface area contributed by atoms with Crippen LogP contribution in [0.3, 0.4) is 0 Å². The Kier molecular flexibility index (Phi) is 4.80. The van der Waals surface area contributed by atoms with E-state index in [4.69, 9.17) is 4.52 Å². The molecule has 3 rings (SSSR count). The summed E-state index contributed by atoms with van der Waals surface area (Å²) in [4.78, 5) is 16.5. The van der Waals surface area contributed by atoms with E-state index in [1.54, 1.807) is 0 Å². The number of piperazine rings is 1. The number of amides is 1. The Morgan fingerprint density at radius 1 is 1.22 bits per heavy atom. The summed E-state index contributed by atoms with van der Waals surface area (Å²) >= 11 is 0. The van der Waals surface area contributed by atoms with Gasteiger partial charge in [0.25, 0.3) is 0 Å². The van der Waals surface area contributed by atoms with Crippen molar-refractivity contribution >= 4 is 17.4 Å². The molecule has 0 aliphatic carbocycles. The average Bonchev–Trinajstić information content (AvgIpc) is 3.01. The summed E-state index contributed by atoms with van der Waals surface area (Å²) in [7, 11) is 0. The van der Waals surface area contributed by atoms with Crippen LogP contribution in [0.15, 0.2) is 40.9 Å². The number of aromatic nitrogens is 1. The summed E-state index contributed by atoms with van der Waals surface area (Å²) in [5.74, 6) is 1.63. The van der Waals surface area contributed by atoms with E-state index >= 15 is 0 Å². The molecular weight excluding hydrogens is 292 g/mol. The van der Waals surface area contributed by atoms with Crippen LogP contribution in [0.25, 0.3) is 0 Å². The van der Waals surface area contributed by atoms with Gasteiger partial charge in [-0.3, -0.25) is 4.79 Å². The first kappa shape index (κ1) is 15.4. The summed E-state index contributed by atoms with van der Waals surface area (Å²) in [6, 6.07) is 12.2. The number of rotatable bonds is 5. The number of benzene rings is 1. The molecule has 6 heteroatoms. The molecule has 0 atom stereocenters. The molecule has 23 heavy (non-hydrogen) atoms. The smallest absolute Gasteiger partial charge is 0.224 e. The highest BCUT2D eigenvalue weighted by Gasteiger charge is 2.20. The number of hydrogen-bond acceptors (Lipinski definition) is 5. The van der Waals surface area contributed by atoms with Gasteiger partial charge in [0.05, 0.1) is 0 Å². The van der Waals surface area contributed by atoms with Gasteiger partial charge in [0.1, 0.15) is 5.76 Å². The van der Waals surface area contributed by atoms with Crippen molar-refractivity contribution in [2.45, 2.75) is 13.3 Å². The van der Waals surface area contributed by atoms with Crippen molar-refractivity contribution < 1.29 is 9.32 Å². The van der Waals surface area contributed by atoms with E-state index in [2.05, 4.69) is 27.5 Å². The maximum absolute atomic E-state index is 12.3. The number of nitrogens with one attached hydrogen (secondary N) is 1. The predicted octanol–water partition coefficient (Wildman–Crippen LogP) is 2.13. The van der Waals surface area contributed by atoms with Crippen molar-refractivity contribution in [1.82, 2.24) is 10.1 Å². The monoisotopic (exact) mass is 314 g/mol. The lowest BCUT2D eigenvalue weighted by Gasteiger charge is -2.36. The number of carbonyl (C=O) groups excluding carboxylic acids is 1. The zero-order valence-corrected chi connectivity index (χ0v) is 13.4. The lowest BCUT2D eigenvalue weighted by molar-refractivity contribution is -0.131. The quantitative estimate of drug-likeness (QED) is 0.916. The van der Waals surface area contributed by atoms with Crippen molar-refractivity contribution in [2.24, 2.45) is 0 Å². The van der Waals surface area contributed by atoms with Crippen LogP contribution in [-0.2, 0) is 4.79 Å². The molecule has 0 radical (unpaired) electrons. The molecule has 0 spiro atoms. The standard InChI is InChI=1S/C17H22N4O2/c1-14-13-16(19-23-14)18-8-7-17(22)21-11-9-20(10-12-21)15-5-3-2-4-6-15/h2-6,13H,7-12H2,1H3,(H,18,19). The van der Waals surface area contributed by atoms with Gasteiger partial charge < -0.3 is 19.6 Å². The van der Waals surface area contributed by atoms with E-state index in [9.17, 15) is 4.79 Å². The summed E-state index contributed by atoms with van der Waals surface area (Å²) in [5, 5.41) is 6.96. The number of nitrogens with zero attached hydrogens (tertiary/aromatic N) is 3. The van der Waals surface area contributed by atoms with E-state index in [0.717, 1.165) is 31.9 Å². The first-order valence-corrected chi connectivity index (χ1v) is 7.97. The van der Waals surface area contributed by atoms with Crippen molar-refractivity contribution in [3.8, 4) is 0 Å². The van der Waals surface area contributed by atoms with Gasteiger partial charge in [-0.25, -0.2) is 0 Å². The van der Waals surface area contributed by atoms with Crippen molar-refractivity contribution in [3.63, 3.8) is 0 Å². The number of hydrogen-bond donors (Lipinski definition) is 1. The summed E-state index contributed by atoms with van der Waals surface area (Å²) < 4.78 is 4.98. The van der Waals surface area contributed by atoms with Gasteiger partial charge in [0, 0.05) is 50.9 Å². The molecule has 1 amide bonds. The van der Waals surface area contributed by atoms with Crippen molar-refractivity contribution in [2.75, 3.05) is 42.9 Å². The SMILES string of the molecule is Cc1cc(NCCC(=O)N2CCN(c3ccccc3)CC2)no1. The minimum Gasteiger partial charge on any atom is -0.368 e.